The predicted octanol–water partition coefficient (Wildman–Crippen LogP) is 1.94. The largest absolute Gasteiger partial charge is 0.487 e. The number of carbonyl (C=O) groups excluding carboxylic acids is 1. The number of benzene rings is 1. The van der Waals surface area contributed by atoms with Gasteiger partial charge < -0.3 is 15.8 Å². The Morgan fingerprint density at radius 1 is 1.33 bits per heavy atom. The standard InChI is InChI=1S/C14H22N2O2/c1-14(2,3)18-12-8-5-4-7-11(12)13(17)16-10-6-9-15/h4-5,7-8H,6,9-10,15H2,1-3H3,(H,16,17). The highest BCUT2D eigenvalue weighted by Gasteiger charge is 2.17. The van der Waals surface area contributed by atoms with E-state index < -0.39 is 0 Å². The van der Waals surface area contributed by atoms with Gasteiger partial charge in [0.1, 0.15) is 11.4 Å². The van der Waals surface area contributed by atoms with Gasteiger partial charge in [-0.05, 0) is 45.9 Å². The number of amides is 1. The van der Waals surface area contributed by atoms with Crippen LogP contribution in [0.2, 0.25) is 0 Å². The van der Waals surface area contributed by atoms with Gasteiger partial charge in [0, 0.05) is 6.54 Å². The Morgan fingerprint density at radius 3 is 2.61 bits per heavy atom. The summed E-state index contributed by atoms with van der Waals surface area (Å²) >= 11 is 0. The monoisotopic (exact) mass is 250 g/mol. The van der Waals surface area contributed by atoms with Crippen molar-refractivity contribution in [2.45, 2.75) is 32.8 Å². The van der Waals surface area contributed by atoms with Gasteiger partial charge in [0.05, 0.1) is 5.56 Å². The quantitative estimate of drug-likeness (QED) is 0.785. The molecule has 1 aromatic carbocycles. The maximum atomic E-state index is 12.0. The lowest BCUT2D eigenvalue weighted by molar-refractivity contribution is 0.0933. The van der Waals surface area contributed by atoms with Gasteiger partial charge in [-0.1, -0.05) is 12.1 Å². The third kappa shape index (κ3) is 4.75. The Morgan fingerprint density at radius 2 is 2.00 bits per heavy atom. The maximum Gasteiger partial charge on any atom is 0.255 e. The van der Waals surface area contributed by atoms with Crippen LogP contribution in [0.3, 0.4) is 0 Å². The molecule has 0 atom stereocenters. The summed E-state index contributed by atoms with van der Waals surface area (Å²) in [6.07, 6.45) is 0.772. The van der Waals surface area contributed by atoms with E-state index >= 15 is 0 Å². The molecule has 1 rings (SSSR count). The molecular formula is C14H22N2O2. The zero-order valence-electron chi connectivity index (χ0n) is 11.3. The van der Waals surface area contributed by atoms with Gasteiger partial charge in [-0.25, -0.2) is 0 Å². The van der Waals surface area contributed by atoms with Crippen LogP contribution in [0.1, 0.15) is 37.6 Å². The summed E-state index contributed by atoms with van der Waals surface area (Å²) in [5.74, 6) is 0.485. The topological polar surface area (TPSA) is 64.3 Å². The molecule has 0 heterocycles. The van der Waals surface area contributed by atoms with Gasteiger partial charge in [-0.15, -0.1) is 0 Å². The van der Waals surface area contributed by atoms with Gasteiger partial charge in [0.15, 0.2) is 0 Å². The molecule has 1 amide bonds. The molecule has 4 heteroatoms. The van der Waals surface area contributed by atoms with Crippen molar-refractivity contribution in [1.82, 2.24) is 5.32 Å². The number of hydrogen-bond donors (Lipinski definition) is 2. The first kappa shape index (κ1) is 14.5. The first-order valence-electron chi connectivity index (χ1n) is 6.20. The summed E-state index contributed by atoms with van der Waals surface area (Å²) in [6.45, 7) is 7.02. The van der Waals surface area contributed by atoms with Crippen LogP contribution in [0.15, 0.2) is 24.3 Å². The zero-order chi connectivity index (χ0) is 13.6. The average Bonchev–Trinajstić information content (AvgIpc) is 2.27. The maximum absolute atomic E-state index is 12.0. The first-order valence-corrected chi connectivity index (χ1v) is 6.20. The summed E-state index contributed by atoms with van der Waals surface area (Å²) < 4.78 is 5.77. The number of ether oxygens (including phenoxy) is 1. The van der Waals surface area contributed by atoms with Crippen molar-refractivity contribution in [3.8, 4) is 5.75 Å². The van der Waals surface area contributed by atoms with E-state index in [1.54, 1.807) is 6.07 Å². The molecular weight excluding hydrogens is 228 g/mol. The number of hydrogen-bond acceptors (Lipinski definition) is 3. The van der Waals surface area contributed by atoms with Crippen LogP contribution < -0.4 is 15.8 Å². The molecule has 0 aliphatic carbocycles. The fourth-order valence-corrected chi connectivity index (χ4v) is 1.47. The highest BCUT2D eigenvalue weighted by atomic mass is 16.5. The third-order valence-electron chi connectivity index (χ3n) is 2.21. The Bertz CT molecular complexity index is 397. The smallest absolute Gasteiger partial charge is 0.255 e. The second kappa shape index (κ2) is 6.40. The van der Waals surface area contributed by atoms with E-state index in [0.29, 0.717) is 24.4 Å². The molecule has 0 aromatic heterocycles. The molecule has 0 aliphatic rings. The summed E-state index contributed by atoms with van der Waals surface area (Å²) in [5, 5.41) is 2.83. The molecule has 3 N–H and O–H groups in total. The summed E-state index contributed by atoms with van der Waals surface area (Å²) in [5.41, 5.74) is 5.62. The first-order chi connectivity index (χ1) is 8.44. The van der Waals surface area contributed by atoms with Crippen molar-refractivity contribution in [2.24, 2.45) is 5.73 Å². The van der Waals surface area contributed by atoms with Crippen LogP contribution >= 0.6 is 0 Å². The van der Waals surface area contributed by atoms with E-state index in [1.165, 1.54) is 0 Å². The van der Waals surface area contributed by atoms with Crippen molar-refractivity contribution in [1.29, 1.82) is 0 Å². The number of rotatable bonds is 5. The van der Waals surface area contributed by atoms with Crippen molar-refractivity contribution < 1.29 is 9.53 Å². The minimum atomic E-state index is -0.326. The van der Waals surface area contributed by atoms with E-state index in [-0.39, 0.29) is 11.5 Å². The fourth-order valence-electron chi connectivity index (χ4n) is 1.47. The van der Waals surface area contributed by atoms with Crippen molar-refractivity contribution >= 4 is 5.91 Å². The number of nitrogens with one attached hydrogen (secondary N) is 1. The van der Waals surface area contributed by atoms with Crippen molar-refractivity contribution in [2.75, 3.05) is 13.1 Å². The number of para-hydroxylation sites is 1. The van der Waals surface area contributed by atoms with E-state index in [9.17, 15) is 4.79 Å². The molecule has 0 saturated heterocycles. The Hall–Kier alpha value is -1.55. The van der Waals surface area contributed by atoms with Crippen molar-refractivity contribution in [3.05, 3.63) is 29.8 Å². The van der Waals surface area contributed by atoms with Gasteiger partial charge in [-0.3, -0.25) is 4.79 Å². The zero-order valence-corrected chi connectivity index (χ0v) is 11.3. The number of nitrogens with two attached hydrogens (primary N) is 1. The molecule has 100 valence electrons. The molecule has 0 saturated carbocycles. The third-order valence-corrected chi connectivity index (χ3v) is 2.21. The van der Waals surface area contributed by atoms with Gasteiger partial charge in [0.25, 0.3) is 5.91 Å². The van der Waals surface area contributed by atoms with E-state index in [1.807, 2.05) is 39.0 Å². The average molecular weight is 250 g/mol. The normalized spacial score (nSPS) is 11.1. The van der Waals surface area contributed by atoms with E-state index in [2.05, 4.69) is 5.32 Å². The van der Waals surface area contributed by atoms with E-state index in [0.717, 1.165) is 6.42 Å². The SMILES string of the molecule is CC(C)(C)Oc1ccccc1C(=O)NCCCN. The molecule has 0 spiro atoms. The molecule has 0 bridgehead atoms. The lowest BCUT2D eigenvalue weighted by Crippen LogP contribution is -2.28. The Balaban J connectivity index is 2.78. The van der Waals surface area contributed by atoms with Crippen molar-refractivity contribution in [3.63, 3.8) is 0 Å². The molecule has 18 heavy (non-hydrogen) atoms. The highest BCUT2D eigenvalue weighted by Crippen LogP contribution is 2.22. The second-order valence-corrected chi connectivity index (χ2v) is 5.11. The lowest BCUT2D eigenvalue weighted by Gasteiger charge is -2.23. The van der Waals surface area contributed by atoms with Gasteiger partial charge in [-0.2, -0.15) is 0 Å². The van der Waals surface area contributed by atoms with Crippen LogP contribution in [0.5, 0.6) is 5.75 Å². The molecule has 4 nitrogen and oxygen atoms in total. The fraction of sp³-hybridized carbons (Fsp3) is 0.500. The van der Waals surface area contributed by atoms with Crippen LogP contribution in [-0.4, -0.2) is 24.6 Å². The van der Waals surface area contributed by atoms with Crippen LogP contribution in [0.25, 0.3) is 0 Å². The summed E-state index contributed by atoms with van der Waals surface area (Å²) in [6, 6.07) is 7.26. The molecule has 0 fully saturated rings. The Kier molecular flexibility index (Phi) is 5.16. The minimum Gasteiger partial charge on any atom is -0.487 e. The second-order valence-electron chi connectivity index (χ2n) is 5.11. The van der Waals surface area contributed by atoms with Crippen LogP contribution in [-0.2, 0) is 0 Å². The summed E-state index contributed by atoms with van der Waals surface area (Å²) in [7, 11) is 0. The Labute approximate surface area is 109 Å². The van der Waals surface area contributed by atoms with Crippen LogP contribution in [0.4, 0.5) is 0 Å². The molecule has 0 unspecified atom stereocenters. The molecule has 0 radical (unpaired) electrons. The predicted molar refractivity (Wildman–Crippen MR) is 72.8 cm³/mol. The van der Waals surface area contributed by atoms with Gasteiger partial charge in [0.2, 0.25) is 0 Å². The molecule has 1 aromatic rings. The number of carbonyl (C=O) groups is 1. The van der Waals surface area contributed by atoms with E-state index in [4.69, 9.17) is 10.5 Å². The molecule has 0 aliphatic heterocycles. The van der Waals surface area contributed by atoms with Crippen LogP contribution in [0, 0.1) is 0 Å². The lowest BCUT2D eigenvalue weighted by atomic mass is 10.1. The highest BCUT2D eigenvalue weighted by molar-refractivity contribution is 5.96. The summed E-state index contributed by atoms with van der Waals surface area (Å²) in [4.78, 5) is 12.0. The van der Waals surface area contributed by atoms with Gasteiger partial charge >= 0.3 is 0 Å². The minimum absolute atomic E-state index is 0.122.